The number of imidazole rings is 1. The highest BCUT2D eigenvalue weighted by Gasteiger charge is 2.14. The minimum absolute atomic E-state index is 0.635. The highest BCUT2D eigenvalue weighted by atomic mass is 14.9. The Morgan fingerprint density at radius 2 is 2.31 bits per heavy atom. The van der Waals surface area contributed by atoms with Crippen LogP contribution in [0.1, 0.15) is 24.8 Å². The Hall–Kier alpha value is -1.35. The van der Waals surface area contributed by atoms with E-state index in [-0.39, 0.29) is 0 Å². The van der Waals surface area contributed by atoms with Gasteiger partial charge in [-0.2, -0.15) is 0 Å². The summed E-state index contributed by atoms with van der Waals surface area (Å²) < 4.78 is 0. The zero-order valence-electron chi connectivity index (χ0n) is 9.37. The van der Waals surface area contributed by atoms with Gasteiger partial charge in [-0.25, -0.2) is 4.98 Å². The molecule has 1 aromatic heterocycles. The number of benzene rings is 1. The van der Waals surface area contributed by atoms with Crippen LogP contribution in [0, 0.1) is 0 Å². The second-order valence-corrected chi connectivity index (χ2v) is 4.57. The molecule has 1 fully saturated rings. The van der Waals surface area contributed by atoms with Crippen molar-refractivity contribution in [1.29, 1.82) is 0 Å². The third-order valence-corrected chi connectivity index (χ3v) is 3.41. The lowest BCUT2D eigenvalue weighted by atomic mass is 9.97. The van der Waals surface area contributed by atoms with Gasteiger partial charge < -0.3 is 10.3 Å². The van der Waals surface area contributed by atoms with Crippen molar-refractivity contribution in [3.05, 3.63) is 30.1 Å². The summed E-state index contributed by atoms with van der Waals surface area (Å²) in [6, 6.07) is 7.02. The molecule has 0 spiro atoms. The van der Waals surface area contributed by atoms with Crippen LogP contribution in [0.3, 0.4) is 0 Å². The molecule has 84 valence electrons. The van der Waals surface area contributed by atoms with E-state index in [4.69, 9.17) is 0 Å². The summed E-state index contributed by atoms with van der Waals surface area (Å²) in [6.07, 6.45) is 6.85. The summed E-state index contributed by atoms with van der Waals surface area (Å²) in [6.45, 7) is 1.17. The van der Waals surface area contributed by atoms with Gasteiger partial charge in [-0.15, -0.1) is 0 Å². The number of hydrogen-bond donors (Lipinski definition) is 2. The molecule has 1 saturated heterocycles. The lowest BCUT2D eigenvalue weighted by Crippen LogP contribution is -2.35. The van der Waals surface area contributed by atoms with Crippen LogP contribution in [0.15, 0.2) is 24.5 Å². The molecule has 0 amide bonds. The minimum atomic E-state index is 0.635. The van der Waals surface area contributed by atoms with Gasteiger partial charge in [-0.3, -0.25) is 0 Å². The van der Waals surface area contributed by atoms with E-state index in [0.29, 0.717) is 6.04 Å². The fourth-order valence-electron chi connectivity index (χ4n) is 2.56. The van der Waals surface area contributed by atoms with Crippen LogP contribution in [-0.4, -0.2) is 22.6 Å². The molecule has 3 rings (SSSR count). The molecule has 3 nitrogen and oxygen atoms in total. The molecule has 0 radical (unpaired) electrons. The summed E-state index contributed by atoms with van der Waals surface area (Å²) in [5, 5.41) is 3.59. The highest BCUT2D eigenvalue weighted by Crippen LogP contribution is 2.19. The van der Waals surface area contributed by atoms with Crippen molar-refractivity contribution in [2.24, 2.45) is 0 Å². The molecule has 1 aromatic carbocycles. The number of para-hydroxylation sites is 1. The molecule has 0 bridgehead atoms. The molecular weight excluding hydrogens is 198 g/mol. The van der Waals surface area contributed by atoms with Gasteiger partial charge in [-0.1, -0.05) is 18.6 Å². The normalized spacial score (nSPS) is 21.4. The number of aromatic nitrogens is 2. The van der Waals surface area contributed by atoms with E-state index >= 15 is 0 Å². The average Bonchev–Trinajstić information content (AvgIpc) is 2.80. The van der Waals surface area contributed by atoms with E-state index < -0.39 is 0 Å². The Balaban J connectivity index is 1.85. The van der Waals surface area contributed by atoms with E-state index in [1.165, 1.54) is 31.4 Å². The van der Waals surface area contributed by atoms with Crippen LogP contribution >= 0.6 is 0 Å². The van der Waals surface area contributed by atoms with E-state index in [0.717, 1.165) is 17.5 Å². The molecule has 2 aromatic rings. The first-order valence-electron chi connectivity index (χ1n) is 6.08. The summed E-state index contributed by atoms with van der Waals surface area (Å²) in [5.74, 6) is 0. The van der Waals surface area contributed by atoms with Crippen LogP contribution in [0.4, 0.5) is 0 Å². The molecule has 2 heterocycles. The van der Waals surface area contributed by atoms with Gasteiger partial charge >= 0.3 is 0 Å². The molecule has 1 unspecified atom stereocenters. The minimum Gasteiger partial charge on any atom is -0.345 e. The summed E-state index contributed by atoms with van der Waals surface area (Å²) in [4.78, 5) is 7.57. The second kappa shape index (κ2) is 4.26. The number of fused-ring (bicyclic) bond motifs is 1. The third kappa shape index (κ3) is 1.83. The average molecular weight is 215 g/mol. The maximum absolute atomic E-state index is 4.40. The fourth-order valence-corrected chi connectivity index (χ4v) is 2.56. The van der Waals surface area contributed by atoms with Crippen molar-refractivity contribution in [3.63, 3.8) is 0 Å². The second-order valence-electron chi connectivity index (χ2n) is 4.57. The van der Waals surface area contributed by atoms with Gasteiger partial charge in [-0.05, 0) is 37.4 Å². The van der Waals surface area contributed by atoms with E-state index in [2.05, 4.69) is 33.5 Å². The molecule has 0 saturated carbocycles. The van der Waals surface area contributed by atoms with Gasteiger partial charge in [0, 0.05) is 6.04 Å². The van der Waals surface area contributed by atoms with Gasteiger partial charge in [0.15, 0.2) is 0 Å². The van der Waals surface area contributed by atoms with E-state index in [9.17, 15) is 0 Å². The summed E-state index contributed by atoms with van der Waals surface area (Å²) in [5.41, 5.74) is 3.64. The first-order valence-corrected chi connectivity index (χ1v) is 6.08. The summed E-state index contributed by atoms with van der Waals surface area (Å²) >= 11 is 0. The van der Waals surface area contributed by atoms with Crippen LogP contribution < -0.4 is 5.32 Å². The first kappa shape index (κ1) is 9.85. The van der Waals surface area contributed by atoms with Crippen molar-refractivity contribution in [3.8, 4) is 0 Å². The van der Waals surface area contributed by atoms with Crippen molar-refractivity contribution in [2.45, 2.75) is 31.7 Å². The Kier molecular flexibility index (Phi) is 2.62. The number of rotatable bonds is 2. The quantitative estimate of drug-likeness (QED) is 0.806. The number of H-pyrrole nitrogens is 1. The van der Waals surface area contributed by atoms with E-state index in [1.54, 1.807) is 6.33 Å². The van der Waals surface area contributed by atoms with Gasteiger partial charge in [0.2, 0.25) is 0 Å². The number of hydrogen-bond acceptors (Lipinski definition) is 2. The SMILES string of the molecule is c1cc(CC2CCCCN2)c2nc[nH]c2c1. The maximum atomic E-state index is 4.40. The van der Waals surface area contributed by atoms with Crippen molar-refractivity contribution < 1.29 is 0 Å². The molecule has 1 aliphatic rings. The first-order chi connectivity index (χ1) is 7.93. The van der Waals surface area contributed by atoms with Crippen LogP contribution in [0.2, 0.25) is 0 Å². The zero-order valence-corrected chi connectivity index (χ0v) is 9.37. The standard InChI is InChI=1S/C13H17N3/c1-2-7-14-11(5-1)8-10-4-3-6-12-13(10)16-9-15-12/h3-4,6,9,11,14H,1-2,5,7-8H2,(H,15,16). The Labute approximate surface area is 95.3 Å². The predicted molar refractivity (Wildman–Crippen MR) is 65.4 cm³/mol. The Morgan fingerprint density at radius 3 is 3.19 bits per heavy atom. The monoisotopic (exact) mass is 215 g/mol. The number of nitrogens with one attached hydrogen (secondary N) is 2. The lowest BCUT2D eigenvalue weighted by molar-refractivity contribution is 0.400. The van der Waals surface area contributed by atoms with Gasteiger partial charge in [0.05, 0.1) is 17.4 Å². The third-order valence-electron chi connectivity index (χ3n) is 3.41. The molecule has 1 aliphatic heterocycles. The lowest BCUT2D eigenvalue weighted by Gasteiger charge is -2.23. The highest BCUT2D eigenvalue weighted by molar-refractivity contribution is 5.78. The molecule has 3 heteroatoms. The van der Waals surface area contributed by atoms with Gasteiger partial charge in [0.1, 0.15) is 0 Å². The molecule has 2 N–H and O–H groups in total. The number of piperidine rings is 1. The molecule has 16 heavy (non-hydrogen) atoms. The Morgan fingerprint density at radius 1 is 1.31 bits per heavy atom. The van der Waals surface area contributed by atoms with Crippen LogP contribution in [-0.2, 0) is 6.42 Å². The van der Waals surface area contributed by atoms with Gasteiger partial charge in [0.25, 0.3) is 0 Å². The van der Waals surface area contributed by atoms with Crippen molar-refractivity contribution in [2.75, 3.05) is 6.54 Å². The fraction of sp³-hybridized carbons (Fsp3) is 0.462. The molecule has 1 atom stereocenters. The number of aromatic amines is 1. The smallest absolute Gasteiger partial charge is 0.0931 e. The number of nitrogens with zero attached hydrogens (tertiary/aromatic N) is 1. The largest absolute Gasteiger partial charge is 0.345 e. The van der Waals surface area contributed by atoms with Crippen LogP contribution in [0.5, 0.6) is 0 Å². The molecular formula is C13H17N3. The Bertz CT molecular complexity index is 469. The van der Waals surface area contributed by atoms with Crippen LogP contribution in [0.25, 0.3) is 11.0 Å². The van der Waals surface area contributed by atoms with E-state index in [1.807, 2.05) is 0 Å². The van der Waals surface area contributed by atoms with Crippen molar-refractivity contribution >= 4 is 11.0 Å². The predicted octanol–water partition coefficient (Wildman–Crippen LogP) is 2.25. The maximum Gasteiger partial charge on any atom is 0.0931 e. The molecule has 0 aliphatic carbocycles. The zero-order chi connectivity index (χ0) is 10.8. The topological polar surface area (TPSA) is 40.7 Å². The van der Waals surface area contributed by atoms with Crippen molar-refractivity contribution in [1.82, 2.24) is 15.3 Å². The summed E-state index contributed by atoms with van der Waals surface area (Å²) in [7, 11) is 0.